The minimum absolute atomic E-state index is 0.249. The number of nitrogens with zero attached hydrogens (tertiary/aromatic N) is 1. The molecule has 5 nitrogen and oxygen atoms in total. The molecule has 5 heteroatoms. The first kappa shape index (κ1) is 25.1. The van der Waals surface area contributed by atoms with Gasteiger partial charge in [-0.05, 0) is 68.3 Å². The summed E-state index contributed by atoms with van der Waals surface area (Å²) in [4.78, 5) is 12.4. The first-order valence-electron chi connectivity index (χ1n) is 12.3. The zero-order valence-corrected chi connectivity index (χ0v) is 21.1. The average molecular weight is 484 g/mol. The van der Waals surface area contributed by atoms with Gasteiger partial charge in [0.05, 0.1) is 19.8 Å². The molecule has 36 heavy (non-hydrogen) atoms. The Kier molecular flexibility index (Phi) is 8.11. The van der Waals surface area contributed by atoms with E-state index in [4.69, 9.17) is 14.2 Å². The summed E-state index contributed by atoms with van der Waals surface area (Å²) in [5.74, 6) is 1.39. The smallest absolute Gasteiger partial charge is 0.331 e. The highest BCUT2D eigenvalue weighted by Crippen LogP contribution is 2.28. The monoisotopic (exact) mass is 483 g/mol. The number of rotatable bonds is 11. The van der Waals surface area contributed by atoms with Crippen LogP contribution in [0.4, 0.5) is 0 Å². The lowest BCUT2D eigenvalue weighted by molar-refractivity contribution is -0.151. The van der Waals surface area contributed by atoms with Gasteiger partial charge in [0.25, 0.3) is 0 Å². The highest BCUT2D eigenvalue weighted by Gasteiger charge is 2.32. The number of fused-ring (bicyclic) bond motifs is 1. The fourth-order valence-electron chi connectivity index (χ4n) is 3.97. The maximum Gasteiger partial charge on any atom is 0.331 e. The molecule has 0 aliphatic rings. The third kappa shape index (κ3) is 6.16. The third-order valence-electron chi connectivity index (χ3n) is 6.01. The molecule has 186 valence electrons. The van der Waals surface area contributed by atoms with Crippen molar-refractivity contribution in [3.63, 3.8) is 0 Å². The standard InChI is InChI=1S/C31H33NO4/c1-4-34-30(33)31(2,3)32-20-19-26-23-28(17-18-29(26)32)36-22-8-21-35-27-15-13-25(14-16-27)12-11-24-9-6-5-7-10-24/h5-7,9-20,23H,4,8,21-22H2,1-3H3. The van der Waals surface area contributed by atoms with Crippen LogP contribution in [0.3, 0.4) is 0 Å². The summed E-state index contributed by atoms with van der Waals surface area (Å²) in [6.45, 7) is 7.04. The molecule has 0 radical (unpaired) electrons. The molecule has 0 unspecified atom stereocenters. The SMILES string of the molecule is CCOC(=O)C(C)(C)n1ccc2cc(OCCCOc3ccc(C=Cc4ccccc4)cc3)ccc21. The number of carbonyl (C=O) groups excluding carboxylic acids is 1. The van der Waals surface area contributed by atoms with Gasteiger partial charge in [-0.3, -0.25) is 0 Å². The summed E-state index contributed by atoms with van der Waals surface area (Å²) in [5, 5.41) is 1.02. The van der Waals surface area contributed by atoms with E-state index in [0.29, 0.717) is 19.8 Å². The van der Waals surface area contributed by atoms with Gasteiger partial charge in [0, 0.05) is 23.5 Å². The zero-order valence-electron chi connectivity index (χ0n) is 21.1. The van der Waals surface area contributed by atoms with Crippen LogP contribution in [-0.2, 0) is 15.1 Å². The lowest BCUT2D eigenvalue weighted by Gasteiger charge is -2.25. The predicted molar refractivity (Wildman–Crippen MR) is 145 cm³/mol. The van der Waals surface area contributed by atoms with Crippen LogP contribution in [0.1, 0.15) is 38.3 Å². The van der Waals surface area contributed by atoms with E-state index in [9.17, 15) is 4.79 Å². The number of benzene rings is 3. The number of aromatic nitrogens is 1. The van der Waals surface area contributed by atoms with Crippen molar-refractivity contribution in [2.75, 3.05) is 19.8 Å². The van der Waals surface area contributed by atoms with E-state index in [0.717, 1.165) is 34.4 Å². The second-order valence-electron chi connectivity index (χ2n) is 9.05. The maximum atomic E-state index is 12.4. The highest BCUT2D eigenvalue weighted by molar-refractivity contribution is 5.86. The van der Waals surface area contributed by atoms with E-state index in [1.165, 1.54) is 5.56 Å². The molecule has 0 saturated carbocycles. The maximum absolute atomic E-state index is 12.4. The Bertz CT molecular complexity index is 1300. The first-order valence-corrected chi connectivity index (χ1v) is 12.3. The average Bonchev–Trinajstić information content (AvgIpc) is 3.33. The van der Waals surface area contributed by atoms with Gasteiger partial charge < -0.3 is 18.8 Å². The van der Waals surface area contributed by atoms with Crippen LogP contribution in [0, 0.1) is 0 Å². The van der Waals surface area contributed by atoms with Gasteiger partial charge in [0.1, 0.15) is 17.0 Å². The summed E-state index contributed by atoms with van der Waals surface area (Å²) in [7, 11) is 0. The molecular formula is C31H33NO4. The van der Waals surface area contributed by atoms with Gasteiger partial charge >= 0.3 is 5.97 Å². The van der Waals surface area contributed by atoms with E-state index in [-0.39, 0.29) is 5.97 Å². The Labute approximate surface area is 212 Å². The van der Waals surface area contributed by atoms with Gasteiger partial charge in [0.15, 0.2) is 0 Å². The molecule has 1 aromatic heterocycles. The van der Waals surface area contributed by atoms with Gasteiger partial charge in [-0.15, -0.1) is 0 Å². The van der Waals surface area contributed by atoms with Gasteiger partial charge in [0.2, 0.25) is 0 Å². The molecule has 0 N–H and O–H groups in total. The molecule has 0 saturated heterocycles. The van der Waals surface area contributed by atoms with Crippen LogP contribution < -0.4 is 9.47 Å². The number of hydrogen-bond donors (Lipinski definition) is 0. The van der Waals surface area contributed by atoms with E-state index >= 15 is 0 Å². The summed E-state index contributed by atoms with van der Waals surface area (Å²) < 4.78 is 19.0. The minimum atomic E-state index is -0.784. The molecule has 0 fully saturated rings. The van der Waals surface area contributed by atoms with Crippen molar-refractivity contribution in [1.82, 2.24) is 4.57 Å². The molecule has 0 amide bonds. The molecule has 3 aromatic carbocycles. The van der Waals surface area contributed by atoms with Crippen molar-refractivity contribution in [2.24, 2.45) is 0 Å². The number of carbonyl (C=O) groups is 1. The van der Waals surface area contributed by atoms with Crippen LogP contribution >= 0.6 is 0 Å². The van der Waals surface area contributed by atoms with Crippen LogP contribution in [-0.4, -0.2) is 30.4 Å². The Balaban J connectivity index is 1.24. The third-order valence-corrected chi connectivity index (χ3v) is 6.01. The van der Waals surface area contributed by atoms with E-state index in [1.54, 1.807) is 0 Å². The topological polar surface area (TPSA) is 49.7 Å². The molecule has 0 spiro atoms. The van der Waals surface area contributed by atoms with Gasteiger partial charge in [-0.25, -0.2) is 4.79 Å². The Morgan fingerprint density at radius 3 is 2.17 bits per heavy atom. The van der Waals surface area contributed by atoms with Crippen molar-refractivity contribution < 1.29 is 19.0 Å². The quantitative estimate of drug-likeness (QED) is 0.131. The van der Waals surface area contributed by atoms with Gasteiger partial charge in [-0.1, -0.05) is 54.6 Å². The normalized spacial score (nSPS) is 11.6. The lowest BCUT2D eigenvalue weighted by atomic mass is 10.1. The van der Waals surface area contributed by atoms with Crippen LogP contribution in [0.5, 0.6) is 11.5 Å². The second kappa shape index (κ2) is 11.6. The molecular weight excluding hydrogens is 450 g/mol. The van der Waals surface area contributed by atoms with Crippen molar-refractivity contribution in [1.29, 1.82) is 0 Å². The van der Waals surface area contributed by atoms with Crippen LogP contribution in [0.25, 0.3) is 23.1 Å². The largest absolute Gasteiger partial charge is 0.493 e. The summed E-state index contributed by atoms with van der Waals surface area (Å²) >= 11 is 0. The fourth-order valence-corrected chi connectivity index (χ4v) is 3.97. The number of esters is 1. The number of hydrogen-bond acceptors (Lipinski definition) is 4. The van der Waals surface area contributed by atoms with E-state index in [1.807, 2.05) is 86.1 Å². The minimum Gasteiger partial charge on any atom is -0.493 e. The second-order valence-corrected chi connectivity index (χ2v) is 9.05. The molecule has 1 heterocycles. The predicted octanol–water partition coefficient (Wildman–Crippen LogP) is 6.96. The fraction of sp³-hybridized carbons (Fsp3) is 0.258. The molecule has 0 aliphatic carbocycles. The van der Waals surface area contributed by atoms with Crippen LogP contribution in [0.15, 0.2) is 85.1 Å². The van der Waals surface area contributed by atoms with Crippen molar-refractivity contribution >= 4 is 29.0 Å². The Morgan fingerprint density at radius 1 is 0.833 bits per heavy atom. The van der Waals surface area contributed by atoms with Crippen molar-refractivity contribution in [3.05, 3.63) is 96.2 Å². The first-order chi connectivity index (χ1) is 17.5. The van der Waals surface area contributed by atoms with Crippen molar-refractivity contribution in [2.45, 2.75) is 32.7 Å². The molecule has 0 aliphatic heterocycles. The van der Waals surface area contributed by atoms with Crippen molar-refractivity contribution in [3.8, 4) is 11.5 Å². The zero-order chi connectivity index (χ0) is 25.4. The molecule has 4 rings (SSSR count). The van der Waals surface area contributed by atoms with Crippen LogP contribution in [0.2, 0.25) is 0 Å². The molecule has 0 bridgehead atoms. The van der Waals surface area contributed by atoms with E-state index < -0.39 is 5.54 Å². The summed E-state index contributed by atoms with van der Waals surface area (Å²) in [5.41, 5.74) is 2.48. The molecule has 4 aromatic rings. The number of ether oxygens (including phenoxy) is 3. The summed E-state index contributed by atoms with van der Waals surface area (Å²) in [6.07, 6.45) is 6.88. The van der Waals surface area contributed by atoms with Gasteiger partial charge in [-0.2, -0.15) is 0 Å². The Hall–Kier alpha value is -3.99. The summed E-state index contributed by atoms with van der Waals surface area (Å²) in [6, 6.07) is 26.2. The Morgan fingerprint density at radius 2 is 1.47 bits per heavy atom. The lowest BCUT2D eigenvalue weighted by Crippen LogP contribution is -2.36. The highest BCUT2D eigenvalue weighted by atomic mass is 16.5. The van der Waals surface area contributed by atoms with E-state index in [2.05, 4.69) is 36.4 Å². The molecule has 0 atom stereocenters.